The van der Waals surface area contributed by atoms with Crippen LogP contribution in [0.15, 0.2) is 17.0 Å². The van der Waals surface area contributed by atoms with Gasteiger partial charge in [0.1, 0.15) is 11.7 Å². The van der Waals surface area contributed by atoms with Gasteiger partial charge in [0.15, 0.2) is 0 Å². The highest BCUT2D eigenvalue weighted by Crippen LogP contribution is 2.29. The van der Waals surface area contributed by atoms with Gasteiger partial charge in [-0.05, 0) is 18.4 Å². The van der Waals surface area contributed by atoms with E-state index in [0.29, 0.717) is 4.90 Å². The molecular formula is C8H8ClFN2S. The Labute approximate surface area is 84.8 Å². The third-order valence-corrected chi connectivity index (χ3v) is 2.83. The summed E-state index contributed by atoms with van der Waals surface area (Å²) in [5.41, 5.74) is 5.17. The van der Waals surface area contributed by atoms with Gasteiger partial charge in [-0.25, -0.2) is 4.39 Å². The van der Waals surface area contributed by atoms with Crippen LogP contribution in [0.25, 0.3) is 0 Å². The van der Waals surface area contributed by atoms with Crippen LogP contribution in [0.3, 0.4) is 0 Å². The molecule has 3 N–H and O–H groups in total. The van der Waals surface area contributed by atoms with E-state index in [2.05, 4.69) is 0 Å². The van der Waals surface area contributed by atoms with Gasteiger partial charge in [-0.15, -0.1) is 11.8 Å². The average molecular weight is 219 g/mol. The molecule has 5 heteroatoms. The van der Waals surface area contributed by atoms with E-state index in [1.165, 1.54) is 17.8 Å². The predicted molar refractivity (Wildman–Crippen MR) is 54.2 cm³/mol. The molecule has 0 aliphatic heterocycles. The second kappa shape index (κ2) is 3.98. The summed E-state index contributed by atoms with van der Waals surface area (Å²) in [6.07, 6.45) is 1.82. The molecule has 0 unspecified atom stereocenters. The molecule has 1 rings (SSSR count). The van der Waals surface area contributed by atoms with Crippen molar-refractivity contribution in [2.75, 3.05) is 6.26 Å². The zero-order valence-electron chi connectivity index (χ0n) is 6.90. The normalized spacial score (nSPS) is 10.1. The molecule has 13 heavy (non-hydrogen) atoms. The molecule has 0 saturated heterocycles. The molecule has 0 heterocycles. The van der Waals surface area contributed by atoms with Crippen molar-refractivity contribution in [1.82, 2.24) is 0 Å². The number of halogens is 2. The molecule has 0 radical (unpaired) electrons. The molecule has 0 aliphatic carbocycles. The molecule has 0 amide bonds. The zero-order valence-corrected chi connectivity index (χ0v) is 8.47. The Kier molecular flexibility index (Phi) is 3.17. The Bertz CT molecular complexity index is 354. The van der Waals surface area contributed by atoms with E-state index in [-0.39, 0.29) is 16.4 Å². The van der Waals surface area contributed by atoms with Gasteiger partial charge in [-0.2, -0.15) is 0 Å². The standard InChI is InChI=1S/C8H8ClFN2S/c1-13-5-3-2-4(10)6(7(5)9)8(11)12/h2-3H,1H3,(H3,11,12). The summed E-state index contributed by atoms with van der Waals surface area (Å²) >= 11 is 7.21. The average Bonchev–Trinajstić information content (AvgIpc) is 2.04. The molecule has 0 bridgehead atoms. The Balaban J connectivity index is 3.38. The van der Waals surface area contributed by atoms with Gasteiger partial charge in [0.05, 0.1) is 10.6 Å². The summed E-state index contributed by atoms with van der Waals surface area (Å²) in [5, 5.41) is 7.34. The highest BCUT2D eigenvalue weighted by molar-refractivity contribution is 7.98. The first-order valence-corrected chi connectivity index (χ1v) is 5.04. The van der Waals surface area contributed by atoms with Crippen molar-refractivity contribution in [2.24, 2.45) is 5.73 Å². The van der Waals surface area contributed by atoms with Crippen LogP contribution in [-0.4, -0.2) is 12.1 Å². The minimum absolute atomic E-state index is 0.0199. The first kappa shape index (κ1) is 10.3. The maximum Gasteiger partial charge on any atom is 0.135 e. The molecule has 70 valence electrons. The lowest BCUT2D eigenvalue weighted by atomic mass is 10.2. The first-order valence-electron chi connectivity index (χ1n) is 3.44. The quantitative estimate of drug-likeness (QED) is 0.455. The number of amidine groups is 1. The van der Waals surface area contributed by atoms with E-state index in [9.17, 15) is 4.39 Å². The zero-order chi connectivity index (χ0) is 10.0. The molecule has 1 aromatic carbocycles. The van der Waals surface area contributed by atoms with Crippen molar-refractivity contribution >= 4 is 29.2 Å². The van der Waals surface area contributed by atoms with Crippen LogP contribution in [-0.2, 0) is 0 Å². The van der Waals surface area contributed by atoms with E-state index < -0.39 is 5.82 Å². The number of rotatable bonds is 2. The number of benzene rings is 1. The highest BCUT2D eigenvalue weighted by atomic mass is 35.5. The van der Waals surface area contributed by atoms with Crippen LogP contribution in [0.2, 0.25) is 5.02 Å². The van der Waals surface area contributed by atoms with Crippen molar-refractivity contribution < 1.29 is 4.39 Å². The Morgan fingerprint density at radius 2 is 2.23 bits per heavy atom. The number of hydrogen-bond acceptors (Lipinski definition) is 2. The number of nitrogens with one attached hydrogen (secondary N) is 1. The van der Waals surface area contributed by atoms with Gasteiger partial charge in [0.25, 0.3) is 0 Å². The van der Waals surface area contributed by atoms with Crippen LogP contribution >= 0.6 is 23.4 Å². The third-order valence-electron chi connectivity index (χ3n) is 1.54. The van der Waals surface area contributed by atoms with Crippen LogP contribution in [0.1, 0.15) is 5.56 Å². The van der Waals surface area contributed by atoms with Crippen LogP contribution < -0.4 is 5.73 Å². The van der Waals surface area contributed by atoms with E-state index in [1.807, 2.05) is 6.26 Å². The summed E-state index contributed by atoms with van der Waals surface area (Å²) in [7, 11) is 0. The van der Waals surface area contributed by atoms with Gasteiger partial charge >= 0.3 is 0 Å². The second-order valence-electron chi connectivity index (χ2n) is 2.35. The lowest BCUT2D eigenvalue weighted by Crippen LogP contribution is -2.14. The molecule has 0 aromatic heterocycles. The van der Waals surface area contributed by atoms with Crippen molar-refractivity contribution in [3.8, 4) is 0 Å². The van der Waals surface area contributed by atoms with Crippen molar-refractivity contribution in [3.63, 3.8) is 0 Å². The maximum atomic E-state index is 13.1. The van der Waals surface area contributed by atoms with E-state index in [1.54, 1.807) is 6.07 Å². The molecule has 1 aromatic rings. The molecular weight excluding hydrogens is 211 g/mol. The predicted octanol–water partition coefficient (Wildman–Crippen LogP) is 2.49. The highest BCUT2D eigenvalue weighted by Gasteiger charge is 2.13. The number of hydrogen-bond donors (Lipinski definition) is 2. The monoisotopic (exact) mass is 218 g/mol. The SMILES string of the molecule is CSc1ccc(F)c(C(=N)N)c1Cl. The van der Waals surface area contributed by atoms with E-state index >= 15 is 0 Å². The van der Waals surface area contributed by atoms with Crippen molar-refractivity contribution in [3.05, 3.63) is 28.5 Å². The smallest absolute Gasteiger partial charge is 0.135 e. The first-order chi connectivity index (χ1) is 6.07. The second-order valence-corrected chi connectivity index (χ2v) is 3.58. The van der Waals surface area contributed by atoms with E-state index in [0.717, 1.165) is 0 Å². The fourth-order valence-electron chi connectivity index (χ4n) is 0.938. The molecule has 2 nitrogen and oxygen atoms in total. The van der Waals surface area contributed by atoms with Crippen LogP contribution in [0, 0.1) is 11.2 Å². The minimum Gasteiger partial charge on any atom is -0.384 e. The molecule has 0 atom stereocenters. The van der Waals surface area contributed by atoms with Gasteiger partial charge in [0, 0.05) is 4.90 Å². The fraction of sp³-hybridized carbons (Fsp3) is 0.125. The summed E-state index contributed by atoms with van der Waals surface area (Å²) in [6, 6.07) is 2.82. The van der Waals surface area contributed by atoms with Crippen molar-refractivity contribution in [1.29, 1.82) is 5.41 Å². The minimum atomic E-state index is -0.560. The van der Waals surface area contributed by atoms with E-state index in [4.69, 9.17) is 22.7 Å². The maximum absolute atomic E-state index is 13.1. The van der Waals surface area contributed by atoms with Crippen LogP contribution in [0.5, 0.6) is 0 Å². The van der Waals surface area contributed by atoms with Gasteiger partial charge in [0.2, 0.25) is 0 Å². The van der Waals surface area contributed by atoms with Gasteiger partial charge in [-0.1, -0.05) is 11.6 Å². The molecule has 0 spiro atoms. The third kappa shape index (κ3) is 1.95. The summed E-state index contributed by atoms with van der Waals surface area (Å²) < 4.78 is 13.1. The summed E-state index contributed by atoms with van der Waals surface area (Å²) in [6.45, 7) is 0. The summed E-state index contributed by atoms with van der Waals surface area (Å²) in [5.74, 6) is -0.909. The van der Waals surface area contributed by atoms with Crippen molar-refractivity contribution in [2.45, 2.75) is 4.90 Å². The Hall–Kier alpha value is -0.740. The van der Waals surface area contributed by atoms with Gasteiger partial charge < -0.3 is 5.73 Å². The number of nitrogen functional groups attached to an aromatic ring is 1. The lowest BCUT2D eigenvalue weighted by Gasteiger charge is -2.06. The summed E-state index contributed by atoms with van der Waals surface area (Å²) in [4.78, 5) is 0.716. The lowest BCUT2D eigenvalue weighted by molar-refractivity contribution is 0.623. The fourth-order valence-corrected chi connectivity index (χ4v) is 1.91. The Morgan fingerprint density at radius 1 is 1.62 bits per heavy atom. The van der Waals surface area contributed by atoms with Gasteiger partial charge in [-0.3, -0.25) is 5.41 Å². The molecule has 0 saturated carbocycles. The number of nitrogens with two attached hydrogens (primary N) is 1. The Morgan fingerprint density at radius 3 is 2.69 bits per heavy atom. The molecule has 0 aliphatic rings. The largest absolute Gasteiger partial charge is 0.384 e. The van der Waals surface area contributed by atoms with Crippen LogP contribution in [0.4, 0.5) is 4.39 Å². The topological polar surface area (TPSA) is 49.9 Å². The number of thioether (sulfide) groups is 1. The molecule has 0 fully saturated rings.